The number of aromatic nitrogens is 2. The molecule has 0 spiro atoms. The number of nitrogens with zero attached hydrogens (tertiary/aromatic N) is 2. The molecule has 0 bridgehead atoms. The quantitative estimate of drug-likeness (QED) is 0.839. The highest BCUT2D eigenvalue weighted by atomic mass is 16.3. The molecule has 0 aliphatic carbocycles. The Morgan fingerprint density at radius 2 is 1.83 bits per heavy atom. The van der Waals surface area contributed by atoms with E-state index in [1.807, 2.05) is 42.2 Å². The van der Waals surface area contributed by atoms with Gasteiger partial charge in [-0.15, -0.1) is 0 Å². The molecule has 0 saturated heterocycles. The van der Waals surface area contributed by atoms with Crippen LogP contribution >= 0.6 is 0 Å². The second kappa shape index (κ2) is 5.80. The molecule has 0 amide bonds. The minimum absolute atomic E-state index is 0.0998. The van der Waals surface area contributed by atoms with Crippen LogP contribution in [0.5, 0.6) is 0 Å². The summed E-state index contributed by atoms with van der Waals surface area (Å²) >= 11 is 0. The molecule has 4 heteroatoms. The van der Waals surface area contributed by atoms with Gasteiger partial charge in [-0.2, -0.15) is 5.10 Å². The second-order valence-electron chi connectivity index (χ2n) is 4.46. The number of aliphatic hydroxyl groups excluding tert-OH is 1. The van der Waals surface area contributed by atoms with Crippen molar-refractivity contribution in [3.63, 3.8) is 0 Å². The van der Waals surface area contributed by atoms with Crippen LogP contribution in [-0.4, -0.2) is 14.9 Å². The molecule has 1 heterocycles. The summed E-state index contributed by atoms with van der Waals surface area (Å²) in [5.74, 6) is 0. The molecule has 0 aliphatic heterocycles. The predicted molar refractivity (Wildman–Crippen MR) is 70.9 cm³/mol. The van der Waals surface area contributed by atoms with E-state index in [2.05, 4.69) is 17.3 Å². The highest BCUT2D eigenvalue weighted by Gasteiger charge is 2.02. The van der Waals surface area contributed by atoms with Gasteiger partial charge in [0, 0.05) is 31.4 Å². The van der Waals surface area contributed by atoms with Crippen LogP contribution in [0, 0.1) is 6.92 Å². The van der Waals surface area contributed by atoms with E-state index in [0.29, 0.717) is 0 Å². The van der Waals surface area contributed by atoms with Crippen molar-refractivity contribution in [2.45, 2.75) is 26.6 Å². The average molecular weight is 245 g/mol. The maximum absolute atomic E-state index is 8.96. The van der Waals surface area contributed by atoms with Crippen molar-refractivity contribution >= 4 is 0 Å². The Morgan fingerprint density at radius 3 is 2.39 bits per heavy atom. The fourth-order valence-electron chi connectivity index (χ4n) is 1.82. The van der Waals surface area contributed by atoms with E-state index < -0.39 is 0 Å². The first-order valence-electron chi connectivity index (χ1n) is 6.07. The summed E-state index contributed by atoms with van der Waals surface area (Å²) in [4.78, 5) is 0. The minimum Gasteiger partial charge on any atom is -0.392 e. The van der Waals surface area contributed by atoms with Gasteiger partial charge >= 0.3 is 0 Å². The molecule has 2 rings (SSSR count). The lowest BCUT2D eigenvalue weighted by atomic mass is 10.1. The van der Waals surface area contributed by atoms with Crippen molar-refractivity contribution in [2.24, 2.45) is 7.05 Å². The molecule has 18 heavy (non-hydrogen) atoms. The molecule has 0 aliphatic rings. The van der Waals surface area contributed by atoms with E-state index in [4.69, 9.17) is 5.11 Å². The first-order valence-corrected chi connectivity index (χ1v) is 6.07. The lowest BCUT2D eigenvalue weighted by molar-refractivity contribution is 0.282. The van der Waals surface area contributed by atoms with Gasteiger partial charge in [0.1, 0.15) is 0 Å². The summed E-state index contributed by atoms with van der Waals surface area (Å²) in [7, 11) is 1.95. The monoisotopic (exact) mass is 245 g/mol. The molecule has 2 N–H and O–H groups in total. The Balaban J connectivity index is 1.86. The van der Waals surface area contributed by atoms with Crippen molar-refractivity contribution in [3.8, 4) is 0 Å². The van der Waals surface area contributed by atoms with E-state index in [0.717, 1.165) is 18.7 Å². The maximum atomic E-state index is 8.96. The molecule has 2 aromatic rings. The van der Waals surface area contributed by atoms with Crippen LogP contribution in [0.2, 0.25) is 0 Å². The van der Waals surface area contributed by atoms with Crippen LogP contribution in [0.25, 0.3) is 0 Å². The topological polar surface area (TPSA) is 50.1 Å². The minimum atomic E-state index is 0.0998. The van der Waals surface area contributed by atoms with Crippen molar-refractivity contribution in [2.75, 3.05) is 0 Å². The third-order valence-electron chi connectivity index (χ3n) is 3.19. The molecule has 0 saturated carbocycles. The number of benzene rings is 1. The second-order valence-corrected chi connectivity index (χ2v) is 4.46. The van der Waals surface area contributed by atoms with Crippen LogP contribution in [0.3, 0.4) is 0 Å². The van der Waals surface area contributed by atoms with Gasteiger partial charge in [0.15, 0.2) is 0 Å². The standard InChI is InChI=1S/C14H19N3O/c1-11-14(9-16-17(11)2)8-15-7-12-3-5-13(10-18)6-4-12/h3-6,9,15,18H,7-8,10H2,1-2H3. The van der Waals surface area contributed by atoms with Crippen molar-refractivity contribution in [3.05, 3.63) is 52.8 Å². The van der Waals surface area contributed by atoms with E-state index in [-0.39, 0.29) is 6.61 Å². The van der Waals surface area contributed by atoms with E-state index in [9.17, 15) is 0 Å². The third-order valence-corrected chi connectivity index (χ3v) is 3.19. The first kappa shape index (κ1) is 12.8. The number of aryl methyl sites for hydroxylation is 1. The lowest BCUT2D eigenvalue weighted by Gasteiger charge is -2.05. The van der Waals surface area contributed by atoms with Gasteiger partial charge < -0.3 is 10.4 Å². The number of aliphatic hydroxyl groups is 1. The highest BCUT2D eigenvalue weighted by Crippen LogP contribution is 2.07. The van der Waals surface area contributed by atoms with Gasteiger partial charge in [-0.05, 0) is 18.1 Å². The Labute approximate surface area is 107 Å². The molecule has 0 atom stereocenters. The van der Waals surface area contributed by atoms with Gasteiger partial charge in [0.2, 0.25) is 0 Å². The normalized spacial score (nSPS) is 10.8. The zero-order chi connectivity index (χ0) is 13.0. The first-order chi connectivity index (χ1) is 8.70. The van der Waals surface area contributed by atoms with E-state index in [1.54, 1.807) is 0 Å². The number of nitrogens with one attached hydrogen (secondary N) is 1. The smallest absolute Gasteiger partial charge is 0.0681 e. The Hall–Kier alpha value is -1.65. The molecule has 0 radical (unpaired) electrons. The average Bonchev–Trinajstić information content (AvgIpc) is 2.71. The van der Waals surface area contributed by atoms with Crippen LogP contribution < -0.4 is 5.32 Å². The Morgan fingerprint density at radius 1 is 1.17 bits per heavy atom. The maximum Gasteiger partial charge on any atom is 0.0681 e. The molecule has 4 nitrogen and oxygen atoms in total. The van der Waals surface area contributed by atoms with Crippen LogP contribution in [0.4, 0.5) is 0 Å². The molecule has 1 aromatic carbocycles. The molecular formula is C14H19N3O. The summed E-state index contributed by atoms with van der Waals surface area (Å²) in [5.41, 5.74) is 4.58. The van der Waals surface area contributed by atoms with Gasteiger partial charge in [-0.25, -0.2) is 0 Å². The largest absolute Gasteiger partial charge is 0.392 e. The van der Waals surface area contributed by atoms with Crippen LogP contribution in [0.15, 0.2) is 30.5 Å². The van der Waals surface area contributed by atoms with Crippen LogP contribution in [-0.2, 0) is 26.7 Å². The van der Waals surface area contributed by atoms with Gasteiger partial charge in [-0.3, -0.25) is 4.68 Å². The van der Waals surface area contributed by atoms with Crippen molar-refractivity contribution < 1.29 is 5.11 Å². The molecule has 1 aromatic heterocycles. The van der Waals surface area contributed by atoms with Crippen molar-refractivity contribution in [1.82, 2.24) is 15.1 Å². The Kier molecular flexibility index (Phi) is 4.12. The summed E-state index contributed by atoms with van der Waals surface area (Å²) < 4.78 is 1.88. The molecule has 0 unspecified atom stereocenters. The fraction of sp³-hybridized carbons (Fsp3) is 0.357. The Bertz CT molecular complexity index is 502. The predicted octanol–water partition coefficient (Wildman–Crippen LogP) is 1.51. The summed E-state index contributed by atoms with van der Waals surface area (Å²) in [5, 5.41) is 16.6. The van der Waals surface area contributed by atoms with E-state index >= 15 is 0 Å². The van der Waals surface area contributed by atoms with E-state index in [1.165, 1.54) is 16.8 Å². The summed E-state index contributed by atoms with van der Waals surface area (Å²) in [6.45, 7) is 3.81. The zero-order valence-corrected chi connectivity index (χ0v) is 10.8. The van der Waals surface area contributed by atoms with Crippen molar-refractivity contribution in [1.29, 1.82) is 0 Å². The molecule has 96 valence electrons. The molecule has 0 fully saturated rings. The van der Waals surface area contributed by atoms with Gasteiger partial charge in [0.25, 0.3) is 0 Å². The summed E-state index contributed by atoms with van der Waals surface area (Å²) in [6.07, 6.45) is 1.90. The SMILES string of the molecule is Cc1c(CNCc2ccc(CO)cc2)cnn1C. The number of rotatable bonds is 5. The molecular weight excluding hydrogens is 226 g/mol. The summed E-state index contributed by atoms with van der Waals surface area (Å²) in [6, 6.07) is 7.97. The highest BCUT2D eigenvalue weighted by molar-refractivity contribution is 5.22. The van der Waals surface area contributed by atoms with Gasteiger partial charge in [-0.1, -0.05) is 24.3 Å². The number of hydrogen-bond acceptors (Lipinski definition) is 3. The zero-order valence-electron chi connectivity index (χ0n) is 10.8. The number of hydrogen-bond donors (Lipinski definition) is 2. The lowest BCUT2D eigenvalue weighted by Crippen LogP contribution is -2.13. The third kappa shape index (κ3) is 2.97. The fourth-order valence-corrected chi connectivity index (χ4v) is 1.82. The van der Waals surface area contributed by atoms with Crippen LogP contribution in [0.1, 0.15) is 22.4 Å². The van der Waals surface area contributed by atoms with Gasteiger partial charge in [0.05, 0.1) is 12.8 Å².